The molecular formula is C20H23NO4S. The van der Waals surface area contributed by atoms with Gasteiger partial charge in [-0.2, -0.15) is 4.72 Å². The van der Waals surface area contributed by atoms with Crippen LogP contribution in [0.1, 0.15) is 29.7 Å². The SMILES string of the molecule is C=C(C(=O)OC)[C@@H](NS(=O)(=O)c1ccc(C)cc1)c1ccc(CC)cc1. The first kappa shape index (κ1) is 19.9. The highest BCUT2D eigenvalue weighted by Gasteiger charge is 2.27. The van der Waals surface area contributed by atoms with Crippen molar-refractivity contribution in [1.82, 2.24) is 4.72 Å². The van der Waals surface area contributed by atoms with E-state index in [1.807, 2.05) is 26.0 Å². The Morgan fingerprint density at radius 1 is 1.12 bits per heavy atom. The molecule has 0 aliphatic heterocycles. The average molecular weight is 373 g/mol. The summed E-state index contributed by atoms with van der Waals surface area (Å²) in [6, 6.07) is 12.9. The van der Waals surface area contributed by atoms with Gasteiger partial charge in [-0.05, 0) is 36.6 Å². The number of esters is 1. The lowest BCUT2D eigenvalue weighted by Gasteiger charge is -2.20. The number of rotatable bonds is 7. The normalized spacial score (nSPS) is 12.4. The first-order valence-corrected chi connectivity index (χ1v) is 9.71. The lowest BCUT2D eigenvalue weighted by molar-refractivity contribution is -0.136. The highest BCUT2D eigenvalue weighted by Crippen LogP contribution is 2.25. The van der Waals surface area contributed by atoms with Crippen molar-refractivity contribution in [3.05, 3.63) is 77.4 Å². The molecule has 5 nitrogen and oxygen atoms in total. The molecule has 0 bridgehead atoms. The quantitative estimate of drug-likeness (QED) is 0.597. The molecule has 2 aromatic carbocycles. The molecule has 0 aromatic heterocycles. The number of aryl methyl sites for hydroxylation is 2. The van der Waals surface area contributed by atoms with Crippen molar-refractivity contribution in [2.24, 2.45) is 0 Å². The molecule has 0 aliphatic carbocycles. The maximum Gasteiger partial charge on any atom is 0.335 e. The molecule has 2 aromatic rings. The summed E-state index contributed by atoms with van der Waals surface area (Å²) in [7, 11) is -2.61. The smallest absolute Gasteiger partial charge is 0.335 e. The molecule has 0 unspecified atom stereocenters. The van der Waals surface area contributed by atoms with Crippen LogP contribution in [0.5, 0.6) is 0 Å². The Labute approximate surface area is 154 Å². The summed E-state index contributed by atoms with van der Waals surface area (Å²) >= 11 is 0. The van der Waals surface area contributed by atoms with Crippen molar-refractivity contribution in [3.63, 3.8) is 0 Å². The van der Waals surface area contributed by atoms with Crippen LogP contribution in [0, 0.1) is 6.92 Å². The highest BCUT2D eigenvalue weighted by molar-refractivity contribution is 7.89. The minimum Gasteiger partial charge on any atom is -0.466 e. The number of methoxy groups -OCH3 is 1. The summed E-state index contributed by atoms with van der Waals surface area (Å²) in [5, 5.41) is 0. The largest absolute Gasteiger partial charge is 0.466 e. The average Bonchev–Trinajstić information content (AvgIpc) is 2.65. The van der Waals surface area contributed by atoms with Crippen LogP contribution in [0.15, 0.2) is 65.6 Å². The van der Waals surface area contributed by atoms with Crippen LogP contribution in [0.4, 0.5) is 0 Å². The molecule has 0 spiro atoms. The molecule has 6 heteroatoms. The molecule has 0 saturated heterocycles. The van der Waals surface area contributed by atoms with E-state index in [2.05, 4.69) is 11.3 Å². The Balaban J connectivity index is 2.41. The van der Waals surface area contributed by atoms with E-state index in [1.54, 1.807) is 24.3 Å². The summed E-state index contributed by atoms with van der Waals surface area (Å²) in [6.07, 6.45) is 0.859. The fourth-order valence-corrected chi connectivity index (χ4v) is 3.69. The predicted octanol–water partition coefficient (Wildman–Crippen LogP) is 3.31. The van der Waals surface area contributed by atoms with E-state index in [9.17, 15) is 13.2 Å². The number of hydrogen-bond donors (Lipinski definition) is 1. The van der Waals surface area contributed by atoms with Crippen molar-refractivity contribution in [1.29, 1.82) is 0 Å². The van der Waals surface area contributed by atoms with Crippen LogP contribution in [-0.4, -0.2) is 21.5 Å². The van der Waals surface area contributed by atoms with Crippen molar-refractivity contribution in [2.75, 3.05) is 7.11 Å². The van der Waals surface area contributed by atoms with Crippen molar-refractivity contribution in [2.45, 2.75) is 31.2 Å². The monoisotopic (exact) mass is 373 g/mol. The van der Waals surface area contributed by atoms with Crippen molar-refractivity contribution < 1.29 is 17.9 Å². The van der Waals surface area contributed by atoms with E-state index in [4.69, 9.17) is 4.74 Å². The van der Waals surface area contributed by atoms with Crippen LogP contribution in [0.3, 0.4) is 0 Å². The van der Waals surface area contributed by atoms with E-state index in [0.717, 1.165) is 17.5 Å². The van der Waals surface area contributed by atoms with E-state index >= 15 is 0 Å². The van der Waals surface area contributed by atoms with Gasteiger partial charge in [0.05, 0.1) is 23.6 Å². The summed E-state index contributed by atoms with van der Waals surface area (Å²) < 4.78 is 32.8. The standard InChI is InChI=1S/C20H23NO4S/c1-5-16-8-10-17(11-9-16)19(15(3)20(22)25-4)21-26(23,24)18-12-6-14(2)7-13-18/h6-13,19,21H,3,5H2,1-2,4H3/t19-/m1/s1. The number of carbonyl (C=O) groups is 1. The predicted molar refractivity (Wildman–Crippen MR) is 101 cm³/mol. The van der Waals surface area contributed by atoms with Gasteiger partial charge in [-0.25, -0.2) is 13.2 Å². The molecule has 0 aliphatic rings. The minimum absolute atomic E-state index is 0.0208. The fourth-order valence-electron chi connectivity index (χ4n) is 2.48. The van der Waals surface area contributed by atoms with Crippen LogP contribution >= 0.6 is 0 Å². The highest BCUT2D eigenvalue weighted by atomic mass is 32.2. The van der Waals surface area contributed by atoms with Crippen molar-refractivity contribution in [3.8, 4) is 0 Å². The van der Waals surface area contributed by atoms with Gasteiger partial charge in [0, 0.05) is 0 Å². The third-order valence-electron chi connectivity index (χ3n) is 4.12. The molecule has 138 valence electrons. The Hall–Kier alpha value is -2.44. The van der Waals surface area contributed by atoms with Gasteiger partial charge in [0.25, 0.3) is 0 Å². The van der Waals surface area contributed by atoms with Gasteiger partial charge in [0.15, 0.2) is 0 Å². The molecule has 1 atom stereocenters. The second-order valence-corrected chi connectivity index (χ2v) is 7.69. The Kier molecular flexibility index (Phi) is 6.34. The van der Waals surface area contributed by atoms with Crippen LogP contribution in [0.25, 0.3) is 0 Å². The van der Waals surface area contributed by atoms with Gasteiger partial charge in [-0.1, -0.05) is 55.5 Å². The topological polar surface area (TPSA) is 72.5 Å². The molecule has 26 heavy (non-hydrogen) atoms. The van der Waals surface area contributed by atoms with E-state index in [1.165, 1.54) is 19.2 Å². The lowest BCUT2D eigenvalue weighted by atomic mass is 9.99. The van der Waals surface area contributed by atoms with E-state index in [0.29, 0.717) is 5.56 Å². The molecule has 1 N–H and O–H groups in total. The number of ether oxygens (including phenoxy) is 1. The van der Waals surface area contributed by atoms with Gasteiger partial charge in [0.1, 0.15) is 0 Å². The molecular weight excluding hydrogens is 350 g/mol. The van der Waals surface area contributed by atoms with Gasteiger partial charge in [-0.15, -0.1) is 0 Å². The van der Waals surface area contributed by atoms with E-state index in [-0.39, 0.29) is 10.5 Å². The summed E-state index contributed by atoms with van der Waals surface area (Å²) in [5.41, 5.74) is 2.70. The van der Waals surface area contributed by atoms with Crippen LogP contribution in [-0.2, 0) is 26.0 Å². The van der Waals surface area contributed by atoms with Gasteiger partial charge >= 0.3 is 5.97 Å². The number of benzene rings is 2. The molecule has 0 fully saturated rings. The van der Waals surface area contributed by atoms with Crippen molar-refractivity contribution >= 4 is 16.0 Å². The zero-order chi connectivity index (χ0) is 19.3. The fraction of sp³-hybridized carbons (Fsp3) is 0.250. The number of sulfonamides is 1. The maximum absolute atomic E-state index is 12.8. The summed E-state index contributed by atoms with van der Waals surface area (Å²) in [4.78, 5) is 12.1. The number of hydrogen-bond acceptors (Lipinski definition) is 4. The Bertz CT molecular complexity index is 884. The lowest BCUT2D eigenvalue weighted by Crippen LogP contribution is -2.32. The van der Waals surface area contributed by atoms with Gasteiger partial charge in [0.2, 0.25) is 10.0 Å². The maximum atomic E-state index is 12.8. The molecule has 2 rings (SSSR count). The number of nitrogens with one attached hydrogen (secondary N) is 1. The second-order valence-electron chi connectivity index (χ2n) is 5.98. The van der Waals surface area contributed by atoms with Gasteiger partial charge in [-0.3, -0.25) is 0 Å². The second kappa shape index (κ2) is 8.29. The Morgan fingerprint density at radius 3 is 2.19 bits per heavy atom. The zero-order valence-corrected chi connectivity index (χ0v) is 16.0. The first-order chi connectivity index (χ1) is 12.3. The molecule has 0 amide bonds. The van der Waals surface area contributed by atoms with E-state index < -0.39 is 22.0 Å². The number of carbonyl (C=O) groups excluding carboxylic acids is 1. The van der Waals surface area contributed by atoms with Crippen LogP contribution in [0.2, 0.25) is 0 Å². The zero-order valence-electron chi connectivity index (χ0n) is 15.2. The minimum atomic E-state index is -3.85. The first-order valence-electron chi connectivity index (χ1n) is 8.23. The van der Waals surface area contributed by atoms with Crippen LogP contribution < -0.4 is 4.72 Å². The third-order valence-corrected chi connectivity index (χ3v) is 5.56. The summed E-state index contributed by atoms with van der Waals surface area (Å²) in [6.45, 7) is 7.64. The summed E-state index contributed by atoms with van der Waals surface area (Å²) in [5.74, 6) is -0.666. The van der Waals surface area contributed by atoms with Gasteiger partial charge < -0.3 is 4.74 Å². The molecule has 0 radical (unpaired) electrons. The molecule has 0 heterocycles. The molecule has 0 saturated carbocycles. The third kappa shape index (κ3) is 4.59. The Morgan fingerprint density at radius 2 is 1.69 bits per heavy atom.